The normalized spacial score (nSPS) is 17.2. The van der Waals surface area contributed by atoms with E-state index in [1.165, 1.54) is 16.6 Å². The summed E-state index contributed by atoms with van der Waals surface area (Å²) in [7, 11) is 3.13. The van der Waals surface area contributed by atoms with Crippen LogP contribution in [-0.2, 0) is 14.1 Å². The minimum absolute atomic E-state index is 0.306. The van der Waals surface area contributed by atoms with Gasteiger partial charge in [0.15, 0.2) is 5.82 Å². The van der Waals surface area contributed by atoms with Gasteiger partial charge in [0.1, 0.15) is 12.4 Å². The van der Waals surface area contributed by atoms with Gasteiger partial charge >= 0.3 is 5.69 Å². The number of nitrogens with zero attached hydrogens (tertiary/aromatic N) is 6. The van der Waals surface area contributed by atoms with E-state index < -0.39 is 0 Å². The Labute approximate surface area is 174 Å². The molecule has 0 unspecified atom stereocenters. The number of benzene rings is 1. The maximum atomic E-state index is 12.7. The zero-order valence-electron chi connectivity index (χ0n) is 16.7. The first-order chi connectivity index (χ1) is 13.9. The summed E-state index contributed by atoms with van der Waals surface area (Å²) in [5.41, 5.74) is 0.888. The highest BCUT2D eigenvalue weighted by atomic mass is 35.5. The van der Waals surface area contributed by atoms with Crippen LogP contribution >= 0.6 is 11.6 Å². The average Bonchev–Trinajstić information content (AvgIpc) is 3.06. The Balaban J connectivity index is 1.42. The lowest BCUT2D eigenvalue weighted by atomic mass is 10.2. The number of piperazine rings is 1. The van der Waals surface area contributed by atoms with Gasteiger partial charge < -0.3 is 9.80 Å². The lowest BCUT2D eigenvalue weighted by Gasteiger charge is -2.37. The van der Waals surface area contributed by atoms with E-state index in [1.807, 2.05) is 23.1 Å². The third-order valence-electron chi connectivity index (χ3n) is 5.77. The van der Waals surface area contributed by atoms with Gasteiger partial charge in [-0.2, -0.15) is 0 Å². The average molecular weight is 420 g/mol. The highest BCUT2D eigenvalue weighted by Crippen LogP contribution is 2.29. The van der Waals surface area contributed by atoms with E-state index in [2.05, 4.69) is 15.9 Å². The summed E-state index contributed by atoms with van der Waals surface area (Å²) in [6.07, 6.45) is 0. The smallest absolute Gasteiger partial charge is 0.332 e. The first kappa shape index (κ1) is 19.8. The summed E-state index contributed by atoms with van der Waals surface area (Å²) in [5, 5.41) is 2.24. The van der Waals surface area contributed by atoms with E-state index in [1.54, 1.807) is 7.05 Å². The molecule has 0 atom stereocenters. The maximum absolute atomic E-state index is 12.7. The SMILES string of the molecule is Cn1c2c(c(=O)n(C)c1=O)N(CCN1CCN(c3ccccc3Cl)CC1)CN2N. The molecule has 156 valence electrons. The highest BCUT2D eigenvalue weighted by molar-refractivity contribution is 6.33. The van der Waals surface area contributed by atoms with Crippen LogP contribution in [0.15, 0.2) is 33.9 Å². The predicted octanol–water partition coefficient (Wildman–Crippen LogP) is 0.0172. The van der Waals surface area contributed by atoms with Crippen LogP contribution in [0.5, 0.6) is 0 Å². The minimum Gasteiger partial charge on any atom is -0.368 e. The highest BCUT2D eigenvalue weighted by Gasteiger charge is 2.31. The van der Waals surface area contributed by atoms with Crippen LogP contribution in [0.25, 0.3) is 0 Å². The quantitative estimate of drug-likeness (QED) is 0.699. The van der Waals surface area contributed by atoms with E-state index in [0.29, 0.717) is 24.7 Å². The summed E-state index contributed by atoms with van der Waals surface area (Å²) in [4.78, 5) is 31.5. The second-order valence-corrected chi connectivity index (χ2v) is 7.94. The maximum Gasteiger partial charge on any atom is 0.332 e. The van der Waals surface area contributed by atoms with Gasteiger partial charge in [-0.15, -0.1) is 0 Å². The molecule has 2 aliphatic heterocycles. The molecule has 2 aliphatic rings. The van der Waals surface area contributed by atoms with Crippen molar-refractivity contribution in [3.63, 3.8) is 0 Å². The first-order valence-electron chi connectivity index (χ1n) is 9.67. The molecule has 1 aromatic carbocycles. The summed E-state index contributed by atoms with van der Waals surface area (Å²) in [6.45, 7) is 5.52. The molecular weight excluding hydrogens is 394 g/mol. The van der Waals surface area contributed by atoms with Crippen molar-refractivity contribution in [2.75, 3.05) is 60.7 Å². The van der Waals surface area contributed by atoms with Gasteiger partial charge in [0.05, 0.1) is 10.7 Å². The molecular formula is C19H26ClN7O2. The number of fused-ring (bicyclic) bond motifs is 1. The standard InChI is InChI=1S/C19H26ClN7O2/c1-22-17-16(18(28)23(2)19(22)29)26(13-27(17)21)12-9-24-7-10-25(11-8-24)15-6-4-3-5-14(15)20/h3-6H,7-13,21H2,1-2H3. The van der Waals surface area contributed by atoms with Gasteiger partial charge in [-0.05, 0) is 12.1 Å². The molecule has 0 radical (unpaired) electrons. The largest absolute Gasteiger partial charge is 0.368 e. The van der Waals surface area contributed by atoms with Crippen molar-refractivity contribution in [1.29, 1.82) is 0 Å². The molecule has 10 heteroatoms. The number of nitrogens with two attached hydrogens (primary N) is 1. The molecule has 3 heterocycles. The number of aromatic nitrogens is 2. The Morgan fingerprint density at radius 2 is 1.69 bits per heavy atom. The third-order valence-corrected chi connectivity index (χ3v) is 6.09. The van der Waals surface area contributed by atoms with Gasteiger partial charge in [-0.3, -0.25) is 23.8 Å². The number of hydrogen-bond donors (Lipinski definition) is 1. The van der Waals surface area contributed by atoms with Gasteiger partial charge in [0.2, 0.25) is 0 Å². The van der Waals surface area contributed by atoms with Crippen molar-refractivity contribution in [3.05, 3.63) is 50.1 Å². The number of halogens is 1. The summed E-state index contributed by atoms with van der Waals surface area (Å²) < 4.78 is 2.56. The molecule has 0 saturated carbocycles. The van der Waals surface area contributed by atoms with E-state index in [-0.39, 0.29) is 11.2 Å². The van der Waals surface area contributed by atoms with Crippen LogP contribution < -0.4 is 31.9 Å². The number of hydrazine groups is 1. The fraction of sp³-hybridized carbons (Fsp3) is 0.474. The third kappa shape index (κ3) is 3.50. The Morgan fingerprint density at radius 3 is 2.38 bits per heavy atom. The Hall–Kier alpha value is -2.49. The Kier molecular flexibility index (Phi) is 5.28. The fourth-order valence-electron chi connectivity index (χ4n) is 4.11. The molecule has 9 nitrogen and oxygen atoms in total. The molecule has 1 aromatic heterocycles. The summed E-state index contributed by atoms with van der Waals surface area (Å²) >= 11 is 6.32. The second kappa shape index (κ2) is 7.74. The van der Waals surface area contributed by atoms with Gasteiger partial charge in [-0.1, -0.05) is 23.7 Å². The second-order valence-electron chi connectivity index (χ2n) is 7.53. The Morgan fingerprint density at radius 1 is 1.00 bits per heavy atom. The zero-order chi connectivity index (χ0) is 20.7. The van der Waals surface area contributed by atoms with Gasteiger partial charge in [0, 0.05) is 53.4 Å². The molecule has 0 aliphatic carbocycles. The monoisotopic (exact) mass is 419 g/mol. The predicted molar refractivity (Wildman–Crippen MR) is 116 cm³/mol. The van der Waals surface area contributed by atoms with Crippen LogP contribution in [0, 0.1) is 0 Å². The van der Waals surface area contributed by atoms with E-state index in [9.17, 15) is 9.59 Å². The van der Waals surface area contributed by atoms with Crippen molar-refractivity contribution < 1.29 is 0 Å². The summed E-state index contributed by atoms with van der Waals surface area (Å²) in [6, 6.07) is 7.91. The van der Waals surface area contributed by atoms with Crippen molar-refractivity contribution in [2.45, 2.75) is 0 Å². The lowest BCUT2D eigenvalue weighted by Crippen LogP contribution is -2.49. The topological polar surface area (TPSA) is 83.0 Å². The molecule has 2 aromatic rings. The van der Waals surface area contributed by atoms with Crippen molar-refractivity contribution in [3.8, 4) is 0 Å². The van der Waals surface area contributed by atoms with Crippen molar-refractivity contribution >= 4 is 28.8 Å². The van der Waals surface area contributed by atoms with Crippen molar-refractivity contribution in [1.82, 2.24) is 14.0 Å². The van der Waals surface area contributed by atoms with Crippen LogP contribution in [0.3, 0.4) is 0 Å². The number of hydrogen-bond acceptors (Lipinski definition) is 7. The number of para-hydroxylation sites is 1. The van der Waals surface area contributed by atoms with Crippen LogP contribution in [-0.4, -0.2) is 60.0 Å². The zero-order valence-corrected chi connectivity index (χ0v) is 17.5. The molecule has 4 rings (SSSR count). The first-order valence-corrected chi connectivity index (χ1v) is 10.1. The van der Waals surface area contributed by atoms with Crippen LogP contribution in [0.1, 0.15) is 0 Å². The number of rotatable bonds is 4. The molecule has 0 bridgehead atoms. The molecule has 0 spiro atoms. The minimum atomic E-state index is -0.373. The van der Waals surface area contributed by atoms with Crippen LogP contribution in [0.4, 0.5) is 17.2 Å². The molecule has 2 N–H and O–H groups in total. The van der Waals surface area contributed by atoms with E-state index in [4.69, 9.17) is 17.4 Å². The molecule has 29 heavy (non-hydrogen) atoms. The molecule has 0 amide bonds. The Bertz CT molecular complexity index is 1030. The van der Waals surface area contributed by atoms with E-state index >= 15 is 0 Å². The molecule has 1 fully saturated rings. The van der Waals surface area contributed by atoms with Gasteiger partial charge in [-0.25, -0.2) is 10.6 Å². The fourth-order valence-corrected chi connectivity index (χ4v) is 4.36. The van der Waals surface area contributed by atoms with Crippen molar-refractivity contribution in [2.24, 2.45) is 19.9 Å². The van der Waals surface area contributed by atoms with Gasteiger partial charge in [0.25, 0.3) is 5.56 Å². The van der Waals surface area contributed by atoms with E-state index in [0.717, 1.165) is 48.0 Å². The lowest BCUT2D eigenvalue weighted by molar-refractivity contribution is 0.263. The van der Waals surface area contributed by atoms with Crippen LogP contribution in [0.2, 0.25) is 5.02 Å². The summed E-state index contributed by atoms with van der Waals surface area (Å²) in [5.74, 6) is 6.56. The number of anilines is 3. The molecule has 1 saturated heterocycles.